The Hall–Kier alpha value is -4.32. The van der Waals surface area contributed by atoms with Gasteiger partial charge in [0.2, 0.25) is 6.29 Å². The fourth-order valence-electron chi connectivity index (χ4n) is 5.03. The van der Waals surface area contributed by atoms with Crippen LogP contribution in [-0.4, -0.2) is 108 Å². The number of aliphatic hydroxyl groups excluding tert-OH is 1. The Balaban J connectivity index is 2.15. The van der Waals surface area contributed by atoms with Crippen molar-refractivity contribution in [2.24, 2.45) is 0 Å². The van der Waals surface area contributed by atoms with Crippen LogP contribution < -0.4 is 0 Å². The Labute approximate surface area is 269 Å². The second-order valence-corrected chi connectivity index (χ2v) is 10.6. The maximum atomic E-state index is 12.4. The molecule has 2 aliphatic heterocycles. The Kier molecular flexibility index (Phi) is 13.0. The number of aromatic hydroxyl groups is 1. The molecule has 0 amide bonds. The van der Waals surface area contributed by atoms with Crippen molar-refractivity contribution in [2.45, 2.75) is 109 Å². The van der Waals surface area contributed by atoms with Crippen molar-refractivity contribution in [1.29, 1.82) is 0 Å². The third-order valence-corrected chi connectivity index (χ3v) is 6.80. The molecule has 2 saturated heterocycles. The van der Waals surface area contributed by atoms with Gasteiger partial charge in [0.15, 0.2) is 30.7 Å². The lowest BCUT2D eigenvalue weighted by molar-refractivity contribution is -0.357. The molecule has 17 nitrogen and oxygen atoms in total. The van der Waals surface area contributed by atoms with E-state index in [2.05, 4.69) is 0 Å². The van der Waals surface area contributed by atoms with Crippen molar-refractivity contribution in [2.75, 3.05) is 6.61 Å². The summed E-state index contributed by atoms with van der Waals surface area (Å²) in [6.07, 6.45) is -16.3. The minimum atomic E-state index is -1.81. The van der Waals surface area contributed by atoms with E-state index in [0.29, 0.717) is 0 Å². The topological polar surface area (TPSA) is 226 Å². The van der Waals surface area contributed by atoms with Crippen LogP contribution in [-0.2, 0) is 71.4 Å². The largest absolute Gasteiger partial charge is 0.508 e. The normalized spacial score (nSPS) is 30.3. The van der Waals surface area contributed by atoms with Crippen molar-refractivity contribution in [3.63, 3.8) is 0 Å². The molecule has 47 heavy (non-hydrogen) atoms. The smallest absolute Gasteiger partial charge is 0.307 e. The minimum absolute atomic E-state index is 0.114. The Morgan fingerprint density at radius 1 is 0.702 bits per heavy atom. The van der Waals surface area contributed by atoms with Gasteiger partial charge in [0.05, 0.1) is 0 Å². The van der Waals surface area contributed by atoms with Crippen LogP contribution in [0.4, 0.5) is 0 Å². The summed E-state index contributed by atoms with van der Waals surface area (Å²) < 4.78 is 50.1. The molecule has 0 spiro atoms. The van der Waals surface area contributed by atoms with E-state index < -0.39 is 104 Å². The van der Waals surface area contributed by atoms with Gasteiger partial charge >= 0.3 is 35.8 Å². The predicted molar refractivity (Wildman–Crippen MR) is 150 cm³/mol. The molecule has 0 aromatic heterocycles. The van der Waals surface area contributed by atoms with Crippen LogP contribution in [0, 0.1) is 0 Å². The number of ether oxygens (including phenoxy) is 9. The highest BCUT2D eigenvalue weighted by molar-refractivity contribution is 5.70. The molecule has 3 rings (SSSR count). The van der Waals surface area contributed by atoms with Gasteiger partial charge in [-0.15, -0.1) is 0 Å². The first-order valence-electron chi connectivity index (χ1n) is 14.6. The molecule has 0 bridgehead atoms. The number of hydrogen-bond acceptors (Lipinski definition) is 17. The SMILES string of the molecule is CCC(=O)O[C@H]1O[C@H](c2cccc(O)c2)[C@@H](O)[C@@H](O[C@H]2O[C@H](COC(C)=O)[C@@H](OC(C)=O)[C@H](OC(C)=O)[C@@H]2OC(C)=O)[C@H]1OC(C)=O. The van der Waals surface area contributed by atoms with E-state index in [1.807, 2.05) is 0 Å². The number of phenols is 1. The lowest BCUT2D eigenvalue weighted by atomic mass is 9.92. The molecule has 0 unspecified atom stereocenters. The van der Waals surface area contributed by atoms with E-state index >= 15 is 0 Å². The number of rotatable bonds is 11. The zero-order valence-electron chi connectivity index (χ0n) is 26.5. The molecule has 2 fully saturated rings. The van der Waals surface area contributed by atoms with Crippen LogP contribution >= 0.6 is 0 Å². The van der Waals surface area contributed by atoms with E-state index in [1.165, 1.54) is 31.2 Å². The van der Waals surface area contributed by atoms with E-state index in [1.54, 1.807) is 0 Å². The fraction of sp³-hybridized carbons (Fsp3) is 0.600. The van der Waals surface area contributed by atoms with Gasteiger partial charge in [0.1, 0.15) is 36.8 Å². The molecule has 0 radical (unpaired) electrons. The third-order valence-electron chi connectivity index (χ3n) is 6.80. The van der Waals surface area contributed by atoms with E-state index in [0.717, 1.165) is 34.6 Å². The van der Waals surface area contributed by atoms with Crippen LogP contribution in [0.25, 0.3) is 0 Å². The first-order valence-corrected chi connectivity index (χ1v) is 14.6. The molecule has 2 heterocycles. The number of aliphatic hydroxyl groups is 1. The van der Waals surface area contributed by atoms with Crippen LogP contribution in [0.5, 0.6) is 5.75 Å². The summed E-state index contributed by atoms with van der Waals surface area (Å²) in [6.45, 7) is 6.19. The van der Waals surface area contributed by atoms with E-state index in [9.17, 15) is 39.0 Å². The molecule has 2 aliphatic rings. The zero-order valence-corrected chi connectivity index (χ0v) is 26.5. The number of hydrogen-bond donors (Lipinski definition) is 2. The van der Waals surface area contributed by atoms with Gasteiger partial charge in [-0.05, 0) is 17.7 Å². The molecular weight excluding hydrogens is 632 g/mol. The molecule has 17 heteroatoms. The number of esters is 6. The van der Waals surface area contributed by atoms with Crippen molar-refractivity contribution >= 4 is 35.8 Å². The summed E-state index contributed by atoms with van der Waals surface area (Å²) >= 11 is 0. The Morgan fingerprint density at radius 2 is 1.26 bits per heavy atom. The lowest BCUT2D eigenvalue weighted by Crippen LogP contribution is -2.65. The molecule has 0 saturated carbocycles. The van der Waals surface area contributed by atoms with Gasteiger partial charge in [-0.3, -0.25) is 28.8 Å². The van der Waals surface area contributed by atoms with Gasteiger partial charge in [-0.25, -0.2) is 0 Å². The Bertz CT molecular complexity index is 1310. The summed E-state index contributed by atoms with van der Waals surface area (Å²) in [6, 6.07) is 5.58. The van der Waals surface area contributed by atoms with Gasteiger partial charge in [-0.2, -0.15) is 0 Å². The maximum Gasteiger partial charge on any atom is 0.307 e. The minimum Gasteiger partial charge on any atom is -0.508 e. The Morgan fingerprint density at radius 3 is 1.79 bits per heavy atom. The zero-order chi connectivity index (χ0) is 35.0. The van der Waals surface area contributed by atoms with Gasteiger partial charge in [-0.1, -0.05) is 19.1 Å². The predicted octanol–water partition coefficient (Wildman–Crippen LogP) is 0.504. The quantitative estimate of drug-likeness (QED) is 0.241. The lowest BCUT2D eigenvalue weighted by Gasteiger charge is -2.48. The molecule has 1 aromatic carbocycles. The highest BCUT2D eigenvalue weighted by Gasteiger charge is 2.57. The fourth-order valence-corrected chi connectivity index (χ4v) is 5.03. The summed E-state index contributed by atoms with van der Waals surface area (Å²) in [5.74, 6) is -5.27. The molecule has 260 valence electrons. The summed E-state index contributed by atoms with van der Waals surface area (Å²) in [7, 11) is 0. The van der Waals surface area contributed by atoms with Gasteiger partial charge in [0, 0.05) is 41.0 Å². The second-order valence-electron chi connectivity index (χ2n) is 10.6. The van der Waals surface area contributed by atoms with Crippen molar-refractivity contribution in [3.8, 4) is 5.75 Å². The summed E-state index contributed by atoms with van der Waals surface area (Å²) in [5.41, 5.74) is 0.200. The molecule has 1 aromatic rings. The van der Waals surface area contributed by atoms with Crippen molar-refractivity contribution < 1.29 is 81.6 Å². The van der Waals surface area contributed by atoms with Crippen LogP contribution in [0.2, 0.25) is 0 Å². The van der Waals surface area contributed by atoms with Crippen LogP contribution in [0.1, 0.15) is 59.6 Å². The molecular formula is C30H38O17. The highest BCUT2D eigenvalue weighted by atomic mass is 16.8. The monoisotopic (exact) mass is 670 g/mol. The average molecular weight is 671 g/mol. The van der Waals surface area contributed by atoms with E-state index in [-0.39, 0.29) is 17.7 Å². The van der Waals surface area contributed by atoms with Gasteiger partial charge < -0.3 is 52.8 Å². The molecule has 10 atom stereocenters. The van der Waals surface area contributed by atoms with Crippen LogP contribution in [0.3, 0.4) is 0 Å². The average Bonchev–Trinajstić information content (AvgIpc) is 2.97. The molecule has 0 aliphatic carbocycles. The first kappa shape index (κ1) is 37.1. The molecule has 2 N–H and O–H groups in total. The maximum absolute atomic E-state index is 12.4. The number of carbonyl (C=O) groups is 6. The second kappa shape index (κ2) is 16.5. The van der Waals surface area contributed by atoms with Gasteiger partial charge in [0.25, 0.3) is 0 Å². The number of phenolic OH excluding ortho intramolecular Hbond substituents is 1. The van der Waals surface area contributed by atoms with Crippen molar-refractivity contribution in [1.82, 2.24) is 0 Å². The van der Waals surface area contributed by atoms with Crippen molar-refractivity contribution in [3.05, 3.63) is 29.8 Å². The standard InChI is InChI=1S/C30H38O17/c1-7-21(37)45-30-27(42-16(5)34)25(22(38)23(46-30)18-9-8-10-19(36)11-18)47-29-28(43-17(6)35)26(41-15(4)33)24(40-14(3)32)20(44-29)12-39-13(2)31/h8-11,20,22-30,36,38H,7,12H2,1-6H3/t20-,22-,23-,24-,25-,26+,27-,28+,29-,30+/m1/s1. The number of benzene rings is 1. The third kappa shape index (κ3) is 10.1. The van der Waals surface area contributed by atoms with Crippen LogP contribution in [0.15, 0.2) is 24.3 Å². The van der Waals surface area contributed by atoms with E-state index in [4.69, 9.17) is 42.6 Å². The summed E-state index contributed by atoms with van der Waals surface area (Å²) in [4.78, 5) is 72.9. The first-order chi connectivity index (χ1) is 22.1. The highest BCUT2D eigenvalue weighted by Crippen LogP contribution is 2.39. The number of carbonyl (C=O) groups excluding carboxylic acids is 6. The summed E-state index contributed by atoms with van der Waals surface area (Å²) in [5, 5.41) is 21.7.